The Morgan fingerprint density at radius 3 is 2.65 bits per heavy atom. The number of ketones is 1. The lowest BCUT2D eigenvalue weighted by molar-refractivity contribution is -0.111. The number of aromatic amines is 1. The molecule has 152 valence electrons. The average molecular weight is 408 g/mol. The second-order valence-corrected chi connectivity index (χ2v) is 6.86. The van der Waals surface area contributed by atoms with E-state index in [1.54, 1.807) is 55.6 Å². The van der Waals surface area contributed by atoms with Crippen LogP contribution in [-0.4, -0.2) is 26.9 Å². The van der Waals surface area contributed by atoms with Crippen molar-refractivity contribution in [3.63, 3.8) is 0 Å². The summed E-state index contributed by atoms with van der Waals surface area (Å²) in [6, 6.07) is 18.0. The van der Waals surface area contributed by atoms with Crippen LogP contribution in [0.1, 0.15) is 34.2 Å². The molecule has 0 fully saturated rings. The Morgan fingerprint density at radius 1 is 0.968 bits per heavy atom. The van der Waals surface area contributed by atoms with Crippen LogP contribution in [0.15, 0.2) is 79.0 Å². The standard InChI is InChI=1S/C25H20N4O2/c1-2-6-24(30)27-20-9-5-7-17(15-20)25(31)18-10-12-21-22(28-29-23(21)16-18)13-11-19-8-3-4-14-26-19/h2-16H,1H3,(H,27,30)(H,28,29)/b6-2+,13-11+. The van der Waals surface area contributed by atoms with Gasteiger partial charge in [-0.25, -0.2) is 0 Å². The van der Waals surface area contributed by atoms with Gasteiger partial charge in [0, 0.05) is 28.4 Å². The first-order chi connectivity index (χ1) is 15.1. The normalized spacial score (nSPS) is 11.4. The summed E-state index contributed by atoms with van der Waals surface area (Å²) >= 11 is 0. The number of rotatable bonds is 6. The maximum absolute atomic E-state index is 13.0. The van der Waals surface area contributed by atoms with Crippen molar-refractivity contribution >= 4 is 40.4 Å². The van der Waals surface area contributed by atoms with Crippen molar-refractivity contribution < 1.29 is 9.59 Å². The van der Waals surface area contributed by atoms with Gasteiger partial charge < -0.3 is 5.32 Å². The van der Waals surface area contributed by atoms with Crippen LogP contribution >= 0.6 is 0 Å². The van der Waals surface area contributed by atoms with E-state index in [1.807, 2.05) is 36.4 Å². The minimum absolute atomic E-state index is 0.135. The second-order valence-electron chi connectivity index (χ2n) is 6.86. The van der Waals surface area contributed by atoms with Crippen molar-refractivity contribution in [2.45, 2.75) is 6.92 Å². The predicted octanol–water partition coefficient (Wildman–Crippen LogP) is 4.87. The molecule has 0 unspecified atom stereocenters. The van der Waals surface area contributed by atoms with E-state index >= 15 is 0 Å². The zero-order valence-electron chi connectivity index (χ0n) is 16.9. The van der Waals surface area contributed by atoms with Crippen molar-refractivity contribution in [1.29, 1.82) is 0 Å². The van der Waals surface area contributed by atoms with Crippen LogP contribution in [0, 0.1) is 0 Å². The minimum atomic E-state index is -0.239. The molecule has 0 saturated carbocycles. The zero-order valence-corrected chi connectivity index (χ0v) is 16.9. The van der Waals surface area contributed by atoms with E-state index in [1.165, 1.54) is 6.08 Å². The molecule has 6 heteroatoms. The van der Waals surface area contributed by atoms with E-state index in [9.17, 15) is 9.59 Å². The van der Waals surface area contributed by atoms with Gasteiger partial charge in [-0.2, -0.15) is 5.10 Å². The van der Waals surface area contributed by atoms with Gasteiger partial charge in [-0.1, -0.05) is 30.3 Å². The van der Waals surface area contributed by atoms with E-state index in [0.717, 1.165) is 22.3 Å². The third-order valence-corrected chi connectivity index (χ3v) is 4.66. The maximum atomic E-state index is 13.0. The van der Waals surface area contributed by atoms with Crippen LogP contribution in [0.2, 0.25) is 0 Å². The number of anilines is 1. The molecule has 2 heterocycles. The molecule has 2 N–H and O–H groups in total. The summed E-state index contributed by atoms with van der Waals surface area (Å²) in [4.78, 5) is 29.0. The SMILES string of the molecule is C/C=C/C(=O)Nc1cccc(C(=O)c2ccc3c(/C=C/c4ccccn4)n[nH]c3c2)c1. The quantitative estimate of drug-likeness (QED) is 0.352. The number of nitrogens with one attached hydrogen (secondary N) is 2. The highest BCUT2D eigenvalue weighted by Gasteiger charge is 2.12. The van der Waals surface area contributed by atoms with Crippen LogP contribution in [0.25, 0.3) is 23.1 Å². The molecule has 6 nitrogen and oxygen atoms in total. The largest absolute Gasteiger partial charge is 0.322 e. The topological polar surface area (TPSA) is 87.7 Å². The number of aromatic nitrogens is 3. The Kier molecular flexibility index (Phi) is 5.80. The lowest BCUT2D eigenvalue weighted by Gasteiger charge is -2.06. The van der Waals surface area contributed by atoms with Gasteiger partial charge in [-0.15, -0.1) is 0 Å². The second kappa shape index (κ2) is 9.00. The number of carbonyl (C=O) groups excluding carboxylic acids is 2. The summed E-state index contributed by atoms with van der Waals surface area (Å²) < 4.78 is 0. The number of H-pyrrole nitrogens is 1. The fraction of sp³-hybridized carbons (Fsp3) is 0.0400. The molecule has 0 radical (unpaired) electrons. The van der Waals surface area contributed by atoms with Crippen molar-refractivity contribution in [2.24, 2.45) is 0 Å². The summed E-state index contributed by atoms with van der Waals surface area (Å²) in [5.41, 5.74) is 3.98. The van der Waals surface area contributed by atoms with Gasteiger partial charge in [-0.3, -0.25) is 19.7 Å². The van der Waals surface area contributed by atoms with Gasteiger partial charge in [0.1, 0.15) is 0 Å². The predicted molar refractivity (Wildman–Crippen MR) is 123 cm³/mol. The molecule has 31 heavy (non-hydrogen) atoms. The molecule has 0 aliphatic heterocycles. The van der Waals surface area contributed by atoms with Gasteiger partial charge in [0.25, 0.3) is 0 Å². The molecule has 0 atom stereocenters. The number of hydrogen-bond acceptors (Lipinski definition) is 4. The Bertz CT molecular complexity index is 1300. The molecule has 0 saturated heterocycles. The van der Waals surface area contributed by atoms with Crippen LogP contribution in [0.4, 0.5) is 5.69 Å². The number of fused-ring (bicyclic) bond motifs is 1. The third kappa shape index (κ3) is 4.64. The molecule has 0 bridgehead atoms. The number of allylic oxidation sites excluding steroid dienone is 1. The Balaban J connectivity index is 1.57. The lowest BCUT2D eigenvalue weighted by atomic mass is 10.0. The number of benzene rings is 2. The fourth-order valence-electron chi connectivity index (χ4n) is 3.19. The van der Waals surface area contributed by atoms with Gasteiger partial charge in [0.2, 0.25) is 5.91 Å². The van der Waals surface area contributed by atoms with Crippen molar-refractivity contribution in [2.75, 3.05) is 5.32 Å². The monoisotopic (exact) mass is 408 g/mol. The Morgan fingerprint density at radius 2 is 1.84 bits per heavy atom. The number of amides is 1. The zero-order chi connectivity index (χ0) is 21.6. The van der Waals surface area contributed by atoms with E-state index < -0.39 is 0 Å². The Labute approximate surface area is 179 Å². The first-order valence-corrected chi connectivity index (χ1v) is 9.80. The first kappa shape index (κ1) is 20.0. The van der Waals surface area contributed by atoms with Crippen molar-refractivity contribution in [3.8, 4) is 0 Å². The molecule has 1 amide bonds. The number of nitrogens with zero attached hydrogens (tertiary/aromatic N) is 2. The van der Waals surface area contributed by atoms with Gasteiger partial charge in [0.15, 0.2) is 5.78 Å². The van der Waals surface area contributed by atoms with Gasteiger partial charge >= 0.3 is 0 Å². The summed E-state index contributed by atoms with van der Waals surface area (Å²) in [7, 11) is 0. The number of hydrogen-bond donors (Lipinski definition) is 2. The highest BCUT2D eigenvalue weighted by molar-refractivity contribution is 6.11. The molecule has 2 aromatic heterocycles. The van der Waals surface area contributed by atoms with Crippen LogP contribution in [-0.2, 0) is 4.79 Å². The van der Waals surface area contributed by atoms with E-state index in [-0.39, 0.29) is 11.7 Å². The van der Waals surface area contributed by atoms with Crippen LogP contribution in [0.3, 0.4) is 0 Å². The molecular formula is C25H20N4O2. The summed E-state index contributed by atoms with van der Waals surface area (Å²) in [5.74, 6) is -0.374. The lowest BCUT2D eigenvalue weighted by Crippen LogP contribution is -2.09. The number of carbonyl (C=O) groups is 2. The van der Waals surface area contributed by atoms with Gasteiger partial charge in [0.05, 0.1) is 16.9 Å². The Hall–Kier alpha value is -4.32. The highest BCUT2D eigenvalue weighted by atomic mass is 16.1. The van der Waals surface area contributed by atoms with Crippen molar-refractivity contribution in [3.05, 3.63) is 102 Å². The minimum Gasteiger partial charge on any atom is -0.322 e. The molecule has 4 rings (SSSR count). The number of pyridine rings is 1. The summed E-state index contributed by atoms with van der Waals surface area (Å²) in [6.07, 6.45) is 8.60. The smallest absolute Gasteiger partial charge is 0.248 e. The molecule has 0 aliphatic carbocycles. The van der Waals surface area contributed by atoms with Crippen molar-refractivity contribution in [1.82, 2.24) is 15.2 Å². The molecule has 4 aromatic rings. The summed E-state index contributed by atoms with van der Waals surface area (Å²) in [5, 5.41) is 11.0. The third-order valence-electron chi connectivity index (χ3n) is 4.66. The van der Waals surface area contributed by atoms with E-state index in [2.05, 4.69) is 20.5 Å². The van der Waals surface area contributed by atoms with E-state index in [4.69, 9.17) is 0 Å². The molecular weight excluding hydrogens is 388 g/mol. The fourth-order valence-corrected chi connectivity index (χ4v) is 3.19. The van der Waals surface area contributed by atoms with Gasteiger partial charge in [-0.05, 0) is 61.5 Å². The first-order valence-electron chi connectivity index (χ1n) is 9.80. The van der Waals surface area contributed by atoms with Crippen LogP contribution < -0.4 is 5.32 Å². The highest BCUT2D eigenvalue weighted by Crippen LogP contribution is 2.22. The average Bonchev–Trinajstić information content (AvgIpc) is 3.20. The molecule has 0 aliphatic rings. The molecule has 2 aromatic carbocycles. The molecule has 0 spiro atoms. The maximum Gasteiger partial charge on any atom is 0.248 e. The summed E-state index contributed by atoms with van der Waals surface area (Å²) in [6.45, 7) is 1.77. The van der Waals surface area contributed by atoms with Crippen LogP contribution in [0.5, 0.6) is 0 Å². The van der Waals surface area contributed by atoms with E-state index in [0.29, 0.717) is 16.8 Å².